The Kier molecular flexibility index (Phi) is 3.66. The van der Waals surface area contributed by atoms with Crippen LogP contribution in [0.4, 0.5) is 0 Å². The van der Waals surface area contributed by atoms with Crippen molar-refractivity contribution < 1.29 is 4.74 Å². The van der Waals surface area contributed by atoms with Crippen LogP contribution in [0.15, 0.2) is 11.6 Å². The molecule has 1 saturated carbocycles. The highest BCUT2D eigenvalue weighted by atomic mass is 16.5. The molecule has 0 spiro atoms. The van der Waals surface area contributed by atoms with Crippen molar-refractivity contribution in [1.29, 1.82) is 0 Å². The largest absolute Gasteiger partial charge is 0.381 e. The first-order valence-corrected chi connectivity index (χ1v) is 7.53. The van der Waals surface area contributed by atoms with E-state index in [0.717, 1.165) is 11.8 Å². The lowest BCUT2D eigenvalue weighted by molar-refractivity contribution is -0.0602. The van der Waals surface area contributed by atoms with Gasteiger partial charge in [0, 0.05) is 7.11 Å². The number of rotatable bonds is 2. The van der Waals surface area contributed by atoms with Gasteiger partial charge in [0.05, 0.1) is 6.10 Å². The molecule has 0 heterocycles. The molecule has 0 radical (unpaired) electrons. The molecule has 1 fully saturated rings. The highest BCUT2D eigenvalue weighted by Gasteiger charge is 2.48. The van der Waals surface area contributed by atoms with Crippen LogP contribution < -0.4 is 0 Å². The molecule has 0 amide bonds. The summed E-state index contributed by atoms with van der Waals surface area (Å²) in [5, 5.41) is 0. The number of hydrogen-bond acceptors (Lipinski definition) is 1. The third-order valence-electron chi connectivity index (χ3n) is 6.18. The monoisotopic (exact) mass is 250 g/mol. The van der Waals surface area contributed by atoms with Gasteiger partial charge in [-0.3, -0.25) is 0 Å². The zero-order chi connectivity index (χ0) is 13.6. The minimum atomic E-state index is 0.325. The Hall–Kier alpha value is -0.300. The summed E-state index contributed by atoms with van der Waals surface area (Å²) < 4.78 is 5.69. The highest BCUT2D eigenvalue weighted by molar-refractivity contribution is 5.20. The maximum Gasteiger partial charge on any atom is 0.0599 e. The Balaban J connectivity index is 2.29. The van der Waals surface area contributed by atoms with E-state index in [1.54, 1.807) is 5.57 Å². The molecular weight excluding hydrogens is 220 g/mol. The first-order valence-electron chi connectivity index (χ1n) is 7.53. The Morgan fingerprint density at radius 3 is 2.61 bits per heavy atom. The van der Waals surface area contributed by atoms with Crippen molar-refractivity contribution in [2.24, 2.45) is 22.7 Å². The van der Waals surface area contributed by atoms with Gasteiger partial charge in [-0.2, -0.15) is 0 Å². The van der Waals surface area contributed by atoms with Gasteiger partial charge >= 0.3 is 0 Å². The van der Waals surface area contributed by atoms with E-state index in [2.05, 4.69) is 40.7 Å². The summed E-state index contributed by atoms with van der Waals surface area (Å²) in [5.74, 6) is 1.49. The molecular formula is C17H30O. The fourth-order valence-electron chi connectivity index (χ4n) is 4.14. The van der Waals surface area contributed by atoms with Crippen molar-refractivity contribution in [3.05, 3.63) is 11.6 Å². The van der Waals surface area contributed by atoms with E-state index >= 15 is 0 Å². The van der Waals surface area contributed by atoms with E-state index in [1.807, 2.05) is 7.11 Å². The van der Waals surface area contributed by atoms with Gasteiger partial charge in [-0.25, -0.2) is 0 Å². The Labute approximate surface area is 113 Å². The van der Waals surface area contributed by atoms with Crippen molar-refractivity contribution in [3.63, 3.8) is 0 Å². The van der Waals surface area contributed by atoms with E-state index in [-0.39, 0.29) is 0 Å². The van der Waals surface area contributed by atoms with Gasteiger partial charge in [-0.05, 0) is 55.3 Å². The molecule has 0 saturated heterocycles. The van der Waals surface area contributed by atoms with E-state index in [1.165, 1.54) is 25.7 Å². The maximum absolute atomic E-state index is 5.69. The van der Waals surface area contributed by atoms with E-state index in [0.29, 0.717) is 16.9 Å². The molecule has 18 heavy (non-hydrogen) atoms. The molecule has 0 aromatic heterocycles. The minimum absolute atomic E-state index is 0.325. The molecule has 1 heteroatoms. The Morgan fingerprint density at radius 1 is 1.33 bits per heavy atom. The maximum atomic E-state index is 5.69. The lowest BCUT2D eigenvalue weighted by atomic mass is 9.53. The van der Waals surface area contributed by atoms with Gasteiger partial charge in [0.1, 0.15) is 0 Å². The van der Waals surface area contributed by atoms with E-state index in [9.17, 15) is 0 Å². The minimum Gasteiger partial charge on any atom is -0.381 e. The molecule has 1 nitrogen and oxygen atoms in total. The second-order valence-electron chi connectivity index (χ2n) is 7.55. The zero-order valence-corrected chi connectivity index (χ0v) is 13.0. The SMILES string of the molecule is COC(C)C1(C)CC2C(=CCCC2(C)C)CC1C. The Bertz CT molecular complexity index is 342. The molecule has 2 aliphatic rings. The van der Waals surface area contributed by atoms with Crippen molar-refractivity contribution >= 4 is 0 Å². The second-order valence-corrected chi connectivity index (χ2v) is 7.55. The van der Waals surface area contributed by atoms with Crippen molar-refractivity contribution in [2.75, 3.05) is 7.11 Å². The molecule has 0 N–H and O–H groups in total. The summed E-state index contributed by atoms with van der Waals surface area (Å²) in [6.45, 7) is 12.0. The fraction of sp³-hybridized carbons (Fsp3) is 0.882. The number of ether oxygens (including phenoxy) is 1. The van der Waals surface area contributed by atoms with Gasteiger partial charge in [0.2, 0.25) is 0 Å². The van der Waals surface area contributed by atoms with Gasteiger partial charge in [-0.15, -0.1) is 0 Å². The molecule has 104 valence electrons. The number of allylic oxidation sites excluding steroid dienone is 2. The van der Waals surface area contributed by atoms with Crippen LogP contribution in [0.1, 0.15) is 60.3 Å². The highest BCUT2D eigenvalue weighted by Crippen LogP contribution is 2.56. The van der Waals surface area contributed by atoms with Crippen molar-refractivity contribution in [3.8, 4) is 0 Å². The van der Waals surface area contributed by atoms with Crippen LogP contribution in [-0.2, 0) is 4.74 Å². The number of fused-ring (bicyclic) bond motifs is 1. The van der Waals surface area contributed by atoms with E-state index in [4.69, 9.17) is 4.74 Å². The molecule has 0 aromatic carbocycles. The summed E-state index contributed by atoms with van der Waals surface area (Å²) in [5.41, 5.74) is 2.53. The predicted molar refractivity (Wildman–Crippen MR) is 77.6 cm³/mol. The third kappa shape index (κ3) is 2.15. The number of hydrogen-bond donors (Lipinski definition) is 0. The van der Waals surface area contributed by atoms with Gasteiger partial charge in [0.15, 0.2) is 0 Å². The zero-order valence-electron chi connectivity index (χ0n) is 13.0. The van der Waals surface area contributed by atoms with Gasteiger partial charge in [-0.1, -0.05) is 39.3 Å². The molecule has 0 bridgehead atoms. The van der Waals surface area contributed by atoms with Crippen molar-refractivity contribution in [2.45, 2.75) is 66.4 Å². The smallest absolute Gasteiger partial charge is 0.0599 e. The van der Waals surface area contributed by atoms with Crippen molar-refractivity contribution in [1.82, 2.24) is 0 Å². The van der Waals surface area contributed by atoms with Crippen LogP contribution in [-0.4, -0.2) is 13.2 Å². The first-order chi connectivity index (χ1) is 8.31. The van der Waals surface area contributed by atoms with Gasteiger partial charge in [0.25, 0.3) is 0 Å². The van der Waals surface area contributed by atoms with Crippen LogP contribution in [0.2, 0.25) is 0 Å². The fourth-order valence-corrected chi connectivity index (χ4v) is 4.14. The molecule has 4 unspecified atom stereocenters. The van der Waals surface area contributed by atoms with Gasteiger partial charge < -0.3 is 4.74 Å². The van der Waals surface area contributed by atoms with Crippen LogP contribution in [0.25, 0.3) is 0 Å². The van der Waals surface area contributed by atoms with Crippen LogP contribution in [0, 0.1) is 22.7 Å². The average molecular weight is 250 g/mol. The predicted octanol–water partition coefficient (Wildman–Crippen LogP) is 4.82. The third-order valence-corrected chi connectivity index (χ3v) is 6.18. The standard InChI is InChI=1S/C17H30O/c1-12-10-14-8-7-9-16(3,4)15(14)11-17(12,5)13(2)18-6/h8,12-13,15H,7,9-11H2,1-6H3. The summed E-state index contributed by atoms with van der Waals surface area (Å²) in [6.07, 6.45) is 8.07. The molecule has 2 rings (SSSR count). The average Bonchev–Trinajstić information content (AvgIpc) is 2.30. The second kappa shape index (κ2) is 4.67. The topological polar surface area (TPSA) is 9.23 Å². The molecule has 4 atom stereocenters. The summed E-state index contributed by atoms with van der Waals surface area (Å²) in [7, 11) is 1.86. The molecule has 2 aliphatic carbocycles. The summed E-state index contributed by atoms with van der Waals surface area (Å²) in [6, 6.07) is 0. The lowest BCUT2D eigenvalue weighted by Gasteiger charge is -2.53. The van der Waals surface area contributed by atoms with E-state index < -0.39 is 0 Å². The lowest BCUT2D eigenvalue weighted by Crippen LogP contribution is -2.47. The summed E-state index contributed by atoms with van der Waals surface area (Å²) in [4.78, 5) is 0. The first kappa shape index (κ1) is 14.1. The van der Waals surface area contributed by atoms with Crippen LogP contribution >= 0.6 is 0 Å². The molecule has 0 aliphatic heterocycles. The van der Waals surface area contributed by atoms with Crippen LogP contribution in [0.3, 0.4) is 0 Å². The Morgan fingerprint density at radius 2 is 2.00 bits per heavy atom. The summed E-state index contributed by atoms with van der Waals surface area (Å²) >= 11 is 0. The number of methoxy groups -OCH3 is 1. The quantitative estimate of drug-likeness (QED) is 0.638. The molecule has 0 aromatic rings. The van der Waals surface area contributed by atoms with Crippen LogP contribution in [0.5, 0.6) is 0 Å². The normalized spacial score (nSPS) is 40.9.